The molecule has 7 heteroatoms. The van der Waals surface area contributed by atoms with Crippen LogP contribution in [0.2, 0.25) is 0 Å². The molecule has 120 valence electrons. The molecular weight excluding hydrogens is 306 g/mol. The average molecular weight is 325 g/mol. The zero-order valence-corrected chi connectivity index (χ0v) is 13.4. The number of sulfone groups is 1. The highest BCUT2D eigenvalue weighted by atomic mass is 32.2. The number of carbonyl (C=O) groups is 2. The summed E-state index contributed by atoms with van der Waals surface area (Å²) in [5, 5.41) is 8.98. The Morgan fingerprint density at radius 2 is 1.82 bits per heavy atom. The van der Waals surface area contributed by atoms with E-state index in [1.165, 1.54) is 12.1 Å². The fraction of sp³-hybridized carbons (Fsp3) is 0.467. The van der Waals surface area contributed by atoms with Crippen molar-refractivity contribution < 1.29 is 23.1 Å². The molecule has 1 amide bonds. The van der Waals surface area contributed by atoms with E-state index in [-0.39, 0.29) is 10.8 Å². The Morgan fingerprint density at radius 3 is 2.32 bits per heavy atom. The quantitative estimate of drug-likeness (QED) is 0.905. The van der Waals surface area contributed by atoms with Crippen LogP contribution in [0.4, 0.5) is 0 Å². The summed E-state index contributed by atoms with van der Waals surface area (Å²) in [6.45, 7) is 2.50. The molecule has 0 bridgehead atoms. The van der Waals surface area contributed by atoms with Gasteiger partial charge >= 0.3 is 5.97 Å². The van der Waals surface area contributed by atoms with Crippen molar-refractivity contribution in [3.63, 3.8) is 0 Å². The van der Waals surface area contributed by atoms with Gasteiger partial charge in [0.2, 0.25) is 0 Å². The highest BCUT2D eigenvalue weighted by Crippen LogP contribution is 2.22. The van der Waals surface area contributed by atoms with E-state index in [9.17, 15) is 18.0 Å². The van der Waals surface area contributed by atoms with Gasteiger partial charge in [0, 0.05) is 24.9 Å². The van der Waals surface area contributed by atoms with Crippen LogP contribution in [0.25, 0.3) is 0 Å². The van der Waals surface area contributed by atoms with Crippen molar-refractivity contribution in [3.05, 3.63) is 29.3 Å². The molecule has 0 radical (unpaired) electrons. The number of carboxylic acid groups (broad SMARTS) is 1. The van der Waals surface area contributed by atoms with Crippen LogP contribution in [-0.2, 0) is 14.6 Å². The molecule has 1 fully saturated rings. The summed E-state index contributed by atoms with van der Waals surface area (Å²) < 4.78 is 23.2. The number of likely N-dealkylation sites (tertiary alicyclic amines) is 1. The summed E-state index contributed by atoms with van der Waals surface area (Å²) in [6.07, 6.45) is 1.95. The largest absolute Gasteiger partial charge is 0.481 e. The average Bonchev–Trinajstić information content (AvgIpc) is 2.46. The normalized spacial score (nSPS) is 16.5. The Kier molecular flexibility index (Phi) is 4.55. The van der Waals surface area contributed by atoms with E-state index in [4.69, 9.17) is 5.11 Å². The van der Waals surface area contributed by atoms with Gasteiger partial charge in [0.1, 0.15) is 0 Å². The van der Waals surface area contributed by atoms with E-state index in [1.807, 2.05) is 0 Å². The molecule has 2 rings (SSSR count). The van der Waals surface area contributed by atoms with Gasteiger partial charge in [-0.25, -0.2) is 8.42 Å². The minimum Gasteiger partial charge on any atom is -0.481 e. The third-order valence-corrected chi connectivity index (χ3v) is 5.11. The van der Waals surface area contributed by atoms with E-state index in [0.29, 0.717) is 37.1 Å². The molecule has 0 spiro atoms. The molecule has 0 aromatic heterocycles. The van der Waals surface area contributed by atoms with Crippen molar-refractivity contribution in [2.75, 3.05) is 19.3 Å². The molecule has 1 saturated heterocycles. The van der Waals surface area contributed by atoms with Gasteiger partial charge in [0.15, 0.2) is 9.84 Å². The predicted molar refractivity (Wildman–Crippen MR) is 80.6 cm³/mol. The van der Waals surface area contributed by atoms with Crippen molar-refractivity contribution in [2.24, 2.45) is 5.92 Å². The number of carbonyl (C=O) groups excluding carboxylic acids is 1. The zero-order valence-electron chi connectivity index (χ0n) is 12.6. The second kappa shape index (κ2) is 6.08. The molecule has 22 heavy (non-hydrogen) atoms. The monoisotopic (exact) mass is 325 g/mol. The van der Waals surface area contributed by atoms with Crippen LogP contribution >= 0.6 is 0 Å². The summed E-state index contributed by atoms with van der Waals surface area (Å²) in [4.78, 5) is 25.2. The van der Waals surface area contributed by atoms with Gasteiger partial charge in [-0.05, 0) is 37.5 Å². The van der Waals surface area contributed by atoms with E-state index >= 15 is 0 Å². The number of aliphatic carboxylic acids is 1. The predicted octanol–water partition coefficient (Wildman–Crippen LogP) is 1.34. The first-order valence-electron chi connectivity index (χ1n) is 7.03. The second-order valence-electron chi connectivity index (χ2n) is 5.65. The molecule has 0 atom stereocenters. The van der Waals surface area contributed by atoms with Crippen LogP contribution in [0.5, 0.6) is 0 Å². The van der Waals surface area contributed by atoms with Gasteiger partial charge in [-0.2, -0.15) is 0 Å². The maximum atomic E-state index is 12.6. The molecule has 6 nitrogen and oxygen atoms in total. The maximum absolute atomic E-state index is 12.6. The van der Waals surface area contributed by atoms with Crippen LogP contribution in [0, 0.1) is 12.8 Å². The SMILES string of the molecule is Cc1ccc(S(C)(=O)=O)cc1C(=O)N1CCC(C(=O)O)CC1. The molecule has 0 aliphatic carbocycles. The minimum atomic E-state index is -3.37. The van der Waals surface area contributed by atoms with Crippen molar-refractivity contribution in [3.8, 4) is 0 Å². The first-order chi connectivity index (χ1) is 10.2. The molecular formula is C15H19NO5S. The number of benzene rings is 1. The van der Waals surface area contributed by atoms with E-state index in [1.54, 1.807) is 17.9 Å². The first kappa shape index (κ1) is 16.5. The van der Waals surface area contributed by atoms with Crippen molar-refractivity contribution in [2.45, 2.75) is 24.7 Å². The number of hydrogen-bond acceptors (Lipinski definition) is 4. The van der Waals surface area contributed by atoms with E-state index in [0.717, 1.165) is 6.26 Å². The van der Waals surface area contributed by atoms with Gasteiger partial charge in [0.25, 0.3) is 5.91 Å². The van der Waals surface area contributed by atoms with Crippen LogP contribution in [0.1, 0.15) is 28.8 Å². The summed E-state index contributed by atoms with van der Waals surface area (Å²) in [5.74, 6) is -1.48. The van der Waals surface area contributed by atoms with Gasteiger partial charge in [-0.1, -0.05) is 6.07 Å². The molecule has 0 unspecified atom stereocenters. The number of aryl methyl sites for hydroxylation is 1. The van der Waals surface area contributed by atoms with Crippen molar-refractivity contribution in [1.29, 1.82) is 0 Å². The number of amides is 1. The van der Waals surface area contributed by atoms with Crippen LogP contribution in [-0.4, -0.2) is 49.6 Å². The highest BCUT2D eigenvalue weighted by molar-refractivity contribution is 7.90. The van der Waals surface area contributed by atoms with Gasteiger partial charge < -0.3 is 10.0 Å². The zero-order chi connectivity index (χ0) is 16.5. The lowest BCUT2D eigenvalue weighted by molar-refractivity contribution is -0.143. The molecule has 1 aliphatic rings. The lowest BCUT2D eigenvalue weighted by Crippen LogP contribution is -2.40. The summed E-state index contributed by atoms with van der Waals surface area (Å²) in [7, 11) is -3.37. The first-order valence-corrected chi connectivity index (χ1v) is 8.92. The summed E-state index contributed by atoms with van der Waals surface area (Å²) in [6, 6.07) is 4.50. The highest BCUT2D eigenvalue weighted by Gasteiger charge is 2.28. The fourth-order valence-electron chi connectivity index (χ4n) is 2.56. The number of nitrogens with zero attached hydrogens (tertiary/aromatic N) is 1. The van der Waals surface area contributed by atoms with E-state index < -0.39 is 21.7 Å². The Morgan fingerprint density at radius 1 is 1.23 bits per heavy atom. The van der Waals surface area contributed by atoms with Crippen LogP contribution in [0.3, 0.4) is 0 Å². The maximum Gasteiger partial charge on any atom is 0.306 e. The standard InChI is InChI=1S/C15H19NO5S/c1-10-3-4-12(22(2,20)21)9-13(10)14(17)16-7-5-11(6-8-16)15(18)19/h3-4,9,11H,5-8H2,1-2H3,(H,18,19). The van der Waals surface area contributed by atoms with Crippen LogP contribution < -0.4 is 0 Å². The molecule has 1 aromatic rings. The number of rotatable bonds is 3. The number of piperidine rings is 1. The molecule has 1 heterocycles. The Bertz CT molecular complexity index is 703. The van der Waals surface area contributed by atoms with Crippen molar-refractivity contribution >= 4 is 21.7 Å². The van der Waals surface area contributed by atoms with Gasteiger partial charge in [-0.3, -0.25) is 9.59 Å². The lowest BCUT2D eigenvalue weighted by Gasteiger charge is -2.30. The van der Waals surface area contributed by atoms with Gasteiger partial charge in [0.05, 0.1) is 10.8 Å². The molecule has 0 saturated carbocycles. The fourth-order valence-corrected chi connectivity index (χ4v) is 3.21. The third-order valence-electron chi connectivity index (χ3n) is 4.00. The Hall–Kier alpha value is -1.89. The molecule has 1 aliphatic heterocycles. The Balaban J connectivity index is 2.22. The second-order valence-corrected chi connectivity index (χ2v) is 7.67. The molecule has 1 aromatic carbocycles. The van der Waals surface area contributed by atoms with Crippen molar-refractivity contribution in [1.82, 2.24) is 4.90 Å². The van der Waals surface area contributed by atoms with Crippen LogP contribution in [0.15, 0.2) is 23.1 Å². The topological polar surface area (TPSA) is 91.8 Å². The smallest absolute Gasteiger partial charge is 0.306 e. The third kappa shape index (κ3) is 3.47. The van der Waals surface area contributed by atoms with E-state index in [2.05, 4.69) is 0 Å². The summed E-state index contributed by atoms with van der Waals surface area (Å²) >= 11 is 0. The summed E-state index contributed by atoms with van der Waals surface area (Å²) in [5.41, 5.74) is 1.06. The number of carboxylic acids is 1. The minimum absolute atomic E-state index is 0.113. The lowest BCUT2D eigenvalue weighted by atomic mass is 9.96. The molecule has 1 N–H and O–H groups in total. The Labute approximate surface area is 129 Å². The van der Waals surface area contributed by atoms with Gasteiger partial charge in [-0.15, -0.1) is 0 Å². The number of hydrogen-bond donors (Lipinski definition) is 1.